The third kappa shape index (κ3) is 2.43. The highest BCUT2D eigenvalue weighted by atomic mass is 16.7. The van der Waals surface area contributed by atoms with E-state index in [9.17, 15) is 4.79 Å². The number of carbonyl (C=O) groups is 1. The first-order valence-electron chi connectivity index (χ1n) is 12.8. The summed E-state index contributed by atoms with van der Waals surface area (Å²) in [4.78, 5) is 13.3. The van der Waals surface area contributed by atoms with Crippen molar-refractivity contribution in [3.63, 3.8) is 0 Å². The topological polar surface area (TPSA) is 35.5 Å². The minimum atomic E-state index is -0.333. The summed E-state index contributed by atoms with van der Waals surface area (Å²) in [6, 6.07) is 0. The first kappa shape index (κ1) is 20.0. The van der Waals surface area contributed by atoms with Crippen LogP contribution in [0.25, 0.3) is 0 Å². The van der Waals surface area contributed by atoms with Crippen LogP contribution in [0.4, 0.5) is 0 Å². The first-order chi connectivity index (χ1) is 14.3. The zero-order valence-electron chi connectivity index (χ0n) is 19.4. The summed E-state index contributed by atoms with van der Waals surface area (Å²) < 4.78 is 13.3. The van der Waals surface area contributed by atoms with Crippen LogP contribution in [0.15, 0.2) is 12.2 Å². The monoisotopic (exact) mass is 412 g/mol. The molecule has 3 saturated carbocycles. The molecule has 3 nitrogen and oxygen atoms in total. The molecule has 11 atom stereocenters. The van der Waals surface area contributed by atoms with Crippen molar-refractivity contribution in [1.82, 2.24) is 0 Å². The fraction of sp³-hybridized carbons (Fsp3) is 0.889. The SMILES string of the molecule is C[C@@H]1CC[C@@]2(OC1)O[C@H]1C[C@H]3[C@@H]4CC(=O)[C@H]5CC=CC[C@]5(C)[C@H]4CC[C@]3(C)[C@H]1[C@@H]2C. The number of ketones is 1. The number of allylic oxidation sites excluding steroid dienone is 2. The van der Waals surface area contributed by atoms with Crippen LogP contribution in [0.3, 0.4) is 0 Å². The smallest absolute Gasteiger partial charge is 0.171 e. The molecular formula is C27H40O3. The maximum Gasteiger partial charge on any atom is 0.171 e. The van der Waals surface area contributed by atoms with Gasteiger partial charge in [0, 0.05) is 24.7 Å². The molecule has 0 amide bonds. The van der Waals surface area contributed by atoms with E-state index in [0.717, 1.165) is 38.7 Å². The molecule has 4 aliphatic carbocycles. The molecule has 6 aliphatic rings. The maximum atomic E-state index is 13.3. The standard InChI is InChI=1S/C27H40O3/c1-16-8-12-27(29-15-16)17(2)24-23(30-27)14-21-18-13-22(28)20-7-5-6-10-25(20,3)19(18)9-11-26(21,24)4/h5-6,16-21,23-24H,7-15H2,1-4H3/t16-,17+,18-,19+,20-,21+,23+,24+,25-,26+,27-/m1/s1. The molecule has 0 aromatic heterocycles. The van der Waals surface area contributed by atoms with E-state index in [1.165, 1.54) is 19.3 Å². The molecule has 30 heavy (non-hydrogen) atoms. The van der Waals surface area contributed by atoms with E-state index in [1.807, 2.05) is 0 Å². The van der Waals surface area contributed by atoms with Gasteiger partial charge in [0.15, 0.2) is 5.79 Å². The highest BCUT2D eigenvalue weighted by molar-refractivity contribution is 5.83. The average molecular weight is 413 g/mol. The molecule has 5 fully saturated rings. The van der Waals surface area contributed by atoms with E-state index in [-0.39, 0.29) is 17.1 Å². The van der Waals surface area contributed by atoms with Crippen LogP contribution in [0, 0.1) is 52.3 Å². The van der Waals surface area contributed by atoms with Crippen LogP contribution in [0.1, 0.15) is 79.1 Å². The predicted molar refractivity (Wildman–Crippen MR) is 117 cm³/mol. The molecule has 0 N–H and O–H groups in total. The number of rotatable bonds is 0. The molecule has 0 radical (unpaired) electrons. The average Bonchev–Trinajstić information content (AvgIpc) is 3.15. The van der Waals surface area contributed by atoms with Crippen LogP contribution < -0.4 is 0 Å². The second-order valence-corrected chi connectivity index (χ2v) is 12.5. The Hall–Kier alpha value is -0.670. The van der Waals surface area contributed by atoms with Gasteiger partial charge in [-0.25, -0.2) is 0 Å². The van der Waals surface area contributed by atoms with Crippen molar-refractivity contribution in [3.8, 4) is 0 Å². The van der Waals surface area contributed by atoms with E-state index in [2.05, 4.69) is 39.8 Å². The second-order valence-electron chi connectivity index (χ2n) is 12.5. The van der Waals surface area contributed by atoms with Crippen molar-refractivity contribution in [2.24, 2.45) is 52.3 Å². The Balaban J connectivity index is 1.30. The number of hydrogen-bond donors (Lipinski definition) is 0. The normalized spacial score (nSPS) is 59.5. The number of carbonyl (C=O) groups excluding carboxylic acids is 1. The molecule has 2 heterocycles. The van der Waals surface area contributed by atoms with Crippen LogP contribution in [0.2, 0.25) is 0 Å². The fourth-order valence-electron chi connectivity index (χ4n) is 9.67. The Labute approximate surface area is 182 Å². The van der Waals surface area contributed by atoms with Gasteiger partial charge in [-0.2, -0.15) is 0 Å². The van der Waals surface area contributed by atoms with Crippen molar-refractivity contribution >= 4 is 5.78 Å². The summed E-state index contributed by atoms with van der Waals surface area (Å²) in [5.74, 6) is 4.10. The summed E-state index contributed by atoms with van der Waals surface area (Å²) in [5.41, 5.74) is 0.485. The summed E-state index contributed by atoms with van der Waals surface area (Å²) in [6.07, 6.45) is 13.9. The quantitative estimate of drug-likeness (QED) is 0.473. The van der Waals surface area contributed by atoms with Crippen LogP contribution in [-0.4, -0.2) is 24.3 Å². The molecule has 166 valence electrons. The van der Waals surface area contributed by atoms with Gasteiger partial charge in [0.2, 0.25) is 0 Å². The molecule has 6 rings (SSSR count). The van der Waals surface area contributed by atoms with Gasteiger partial charge >= 0.3 is 0 Å². The van der Waals surface area contributed by atoms with Gasteiger partial charge in [-0.15, -0.1) is 0 Å². The van der Waals surface area contributed by atoms with Gasteiger partial charge in [-0.05, 0) is 78.9 Å². The van der Waals surface area contributed by atoms with Crippen LogP contribution in [-0.2, 0) is 14.3 Å². The first-order valence-corrected chi connectivity index (χ1v) is 12.8. The molecular weight excluding hydrogens is 372 g/mol. The lowest BCUT2D eigenvalue weighted by Gasteiger charge is -2.59. The van der Waals surface area contributed by atoms with Crippen molar-refractivity contribution in [2.45, 2.75) is 91.0 Å². The van der Waals surface area contributed by atoms with Gasteiger partial charge in [0.25, 0.3) is 0 Å². The summed E-state index contributed by atoms with van der Waals surface area (Å²) >= 11 is 0. The number of Topliss-reactive ketones (excluding diaryl/α,β-unsaturated/α-hetero) is 1. The van der Waals surface area contributed by atoms with Crippen molar-refractivity contribution in [1.29, 1.82) is 0 Å². The molecule has 3 heteroatoms. The zero-order chi connectivity index (χ0) is 20.9. The van der Waals surface area contributed by atoms with E-state index in [4.69, 9.17) is 9.47 Å². The van der Waals surface area contributed by atoms with E-state index in [1.54, 1.807) is 0 Å². The third-order valence-electron chi connectivity index (χ3n) is 11.3. The number of hydrogen-bond acceptors (Lipinski definition) is 3. The molecule has 0 bridgehead atoms. The van der Waals surface area contributed by atoms with Crippen molar-refractivity contribution in [3.05, 3.63) is 12.2 Å². The Morgan fingerprint density at radius 2 is 1.87 bits per heavy atom. The Kier molecular flexibility index (Phi) is 4.29. The van der Waals surface area contributed by atoms with Gasteiger partial charge in [-0.3, -0.25) is 4.79 Å². The van der Waals surface area contributed by atoms with E-state index < -0.39 is 0 Å². The fourth-order valence-corrected chi connectivity index (χ4v) is 9.67. The van der Waals surface area contributed by atoms with Crippen molar-refractivity contribution < 1.29 is 14.3 Å². The molecule has 0 unspecified atom stereocenters. The largest absolute Gasteiger partial charge is 0.349 e. The Morgan fingerprint density at radius 1 is 1.03 bits per heavy atom. The van der Waals surface area contributed by atoms with E-state index in [0.29, 0.717) is 52.8 Å². The molecule has 0 aromatic rings. The minimum Gasteiger partial charge on any atom is -0.349 e. The minimum absolute atomic E-state index is 0.185. The third-order valence-corrected chi connectivity index (χ3v) is 11.3. The summed E-state index contributed by atoms with van der Waals surface area (Å²) in [6.45, 7) is 10.6. The van der Waals surface area contributed by atoms with Gasteiger partial charge < -0.3 is 9.47 Å². The lowest BCUT2D eigenvalue weighted by molar-refractivity contribution is -0.272. The van der Waals surface area contributed by atoms with Gasteiger partial charge in [-0.1, -0.05) is 39.8 Å². The van der Waals surface area contributed by atoms with Crippen LogP contribution in [0.5, 0.6) is 0 Å². The maximum absolute atomic E-state index is 13.3. The molecule has 0 aromatic carbocycles. The van der Waals surface area contributed by atoms with E-state index >= 15 is 0 Å². The van der Waals surface area contributed by atoms with Gasteiger partial charge in [0.1, 0.15) is 5.78 Å². The Morgan fingerprint density at radius 3 is 2.63 bits per heavy atom. The molecule has 1 spiro atoms. The second kappa shape index (κ2) is 6.44. The van der Waals surface area contributed by atoms with Gasteiger partial charge in [0.05, 0.1) is 12.7 Å². The van der Waals surface area contributed by atoms with Crippen molar-refractivity contribution in [2.75, 3.05) is 6.61 Å². The van der Waals surface area contributed by atoms with Crippen LogP contribution >= 0.6 is 0 Å². The predicted octanol–water partition coefficient (Wildman–Crippen LogP) is 5.78. The highest BCUT2D eigenvalue weighted by Gasteiger charge is 2.69. The molecule has 2 aliphatic heterocycles. The summed E-state index contributed by atoms with van der Waals surface area (Å²) in [5, 5.41) is 0. The summed E-state index contributed by atoms with van der Waals surface area (Å²) in [7, 11) is 0. The zero-order valence-corrected chi connectivity index (χ0v) is 19.4. The number of fused-ring (bicyclic) bond motifs is 7. The molecule has 2 saturated heterocycles. The Bertz CT molecular complexity index is 764. The lowest BCUT2D eigenvalue weighted by Crippen LogP contribution is -2.56. The highest BCUT2D eigenvalue weighted by Crippen LogP contribution is 2.70. The lowest BCUT2D eigenvalue weighted by atomic mass is 9.45. The number of ether oxygens (including phenoxy) is 2.